The Morgan fingerprint density at radius 1 is 1.09 bits per heavy atom. The summed E-state index contributed by atoms with van der Waals surface area (Å²) in [5.41, 5.74) is 1.22. The number of fused-ring (bicyclic) bond motifs is 3. The first-order chi connectivity index (χ1) is 11.0. The van der Waals surface area contributed by atoms with E-state index < -0.39 is 11.7 Å². The molecule has 120 valence electrons. The second-order valence-electron chi connectivity index (χ2n) is 6.05. The van der Waals surface area contributed by atoms with Crippen molar-refractivity contribution >= 4 is 0 Å². The van der Waals surface area contributed by atoms with Crippen molar-refractivity contribution in [3.63, 3.8) is 0 Å². The number of benzene rings is 2. The van der Waals surface area contributed by atoms with Crippen LogP contribution >= 0.6 is 0 Å². The zero-order valence-corrected chi connectivity index (χ0v) is 12.4. The van der Waals surface area contributed by atoms with E-state index in [1.807, 2.05) is 6.07 Å². The van der Waals surface area contributed by atoms with Crippen LogP contribution in [0.4, 0.5) is 13.2 Å². The van der Waals surface area contributed by atoms with Crippen LogP contribution in [0.3, 0.4) is 0 Å². The summed E-state index contributed by atoms with van der Waals surface area (Å²) in [7, 11) is 0. The maximum atomic E-state index is 13.2. The predicted octanol–water partition coefficient (Wildman–Crippen LogP) is 4.21. The summed E-state index contributed by atoms with van der Waals surface area (Å²) < 4.78 is 45.7. The van der Waals surface area contributed by atoms with Crippen molar-refractivity contribution in [2.24, 2.45) is 0 Å². The van der Waals surface area contributed by atoms with Gasteiger partial charge in [-0.25, -0.2) is 0 Å². The van der Waals surface area contributed by atoms with Crippen LogP contribution in [0.15, 0.2) is 42.5 Å². The first-order valence-electron chi connectivity index (χ1n) is 7.72. The van der Waals surface area contributed by atoms with Gasteiger partial charge in [0.25, 0.3) is 0 Å². The lowest BCUT2D eigenvalue weighted by molar-refractivity contribution is -0.137. The van der Waals surface area contributed by atoms with E-state index in [-0.39, 0.29) is 17.6 Å². The molecule has 0 amide bonds. The average Bonchev–Trinajstić information content (AvgIpc) is 2.92. The van der Waals surface area contributed by atoms with E-state index in [1.54, 1.807) is 18.2 Å². The Kier molecular flexibility index (Phi) is 3.34. The zero-order valence-electron chi connectivity index (χ0n) is 12.4. The molecule has 0 aliphatic carbocycles. The third-order valence-electron chi connectivity index (χ3n) is 4.65. The molecule has 2 aliphatic heterocycles. The normalized spacial score (nSPS) is 23.1. The highest BCUT2D eigenvalue weighted by atomic mass is 19.4. The maximum Gasteiger partial charge on any atom is 0.417 e. The fourth-order valence-corrected chi connectivity index (χ4v) is 3.54. The lowest BCUT2D eigenvalue weighted by Gasteiger charge is -2.25. The molecule has 0 radical (unpaired) electrons. The van der Waals surface area contributed by atoms with Crippen molar-refractivity contribution in [3.8, 4) is 16.9 Å². The monoisotopic (exact) mass is 319 g/mol. The molecule has 2 nitrogen and oxygen atoms in total. The fraction of sp³-hybridized carbons (Fsp3) is 0.333. The number of piperidine rings is 1. The molecule has 2 heterocycles. The number of alkyl halides is 3. The molecular weight excluding hydrogens is 303 g/mol. The predicted molar refractivity (Wildman–Crippen MR) is 81.5 cm³/mol. The van der Waals surface area contributed by atoms with Gasteiger partial charge in [0.05, 0.1) is 5.56 Å². The minimum absolute atomic E-state index is 0.138. The fourth-order valence-electron chi connectivity index (χ4n) is 3.54. The Morgan fingerprint density at radius 3 is 2.74 bits per heavy atom. The summed E-state index contributed by atoms with van der Waals surface area (Å²) in [6.45, 7) is 1.72. The van der Waals surface area contributed by atoms with Gasteiger partial charge in [0.1, 0.15) is 11.9 Å². The van der Waals surface area contributed by atoms with Gasteiger partial charge in [0.15, 0.2) is 0 Å². The minimum Gasteiger partial charge on any atom is -0.489 e. The summed E-state index contributed by atoms with van der Waals surface area (Å²) in [5, 5.41) is 3.33. The van der Waals surface area contributed by atoms with Gasteiger partial charge < -0.3 is 10.1 Å². The molecule has 0 bridgehead atoms. The topological polar surface area (TPSA) is 21.3 Å². The Hall–Kier alpha value is -2.01. The highest BCUT2D eigenvalue weighted by molar-refractivity contribution is 5.70. The smallest absolute Gasteiger partial charge is 0.417 e. The van der Waals surface area contributed by atoms with Gasteiger partial charge in [-0.3, -0.25) is 0 Å². The molecule has 2 unspecified atom stereocenters. The Labute approximate surface area is 132 Å². The van der Waals surface area contributed by atoms with E-state index in [0.717, 1.165) is 36.9 Å². The molecule has 2 aromatic carbocycles. The third-order valence-corrected chi connectivity index (χ3v) is 4.65. The number of halogens is 3. The quantitative estimate of drug-likeness (QED) is 0.850. The van der Waals surface area contributed by atoms with Crippen LogP contribution in [-0.4, -0.2) is 19.2 Å². The molecule has 4 rings (SSSR count). The molecule has 0 spiro atoms. The molecule has 2 aromatic rings. The molecule has 0 saturated carbocycles. The molecule has 2 aliphatic rings. The number of rotatable bonds is 1. The molecule has 0 aromatic heterocycles. The van der Waals surface area contributed by atoms with Crippen molar-refractivity contribution < 1.29 is 17.9 Å². The van der Waals surface area contributed by atoms with Crippen LogP contribution in [0.1, 0.15) is 23.5 Å². The average molecular weight is 319 g/mol. The van der Waals surface area contributed by atoms with Crippen LogP contribution in [0.2, 0.25) is 0 Å². The largest absolute Gasteiger partial charge is 0.489 e. The summed E-state index contributed by atoms with van der Waals surface area (Å²) in [5.74, 6) is 1.02. The number of hydrogen-bond acceptors (Lipinski definition) is 2. The van der Waals surface area contributed by atoms with Crippen molar-refractivity contribution in [3.05, 3.63) is 53.6 Å². The van der Waals surface area contributed by atoms with Crippen molar-refractivity contribution in [2.75, 3.05) is 13.1 Å². The standard InChI is InChI=1S/C18H16F3NO/c19-18(20,21)15-4-2-1-3-12(15)11-5-6-16-13(9-11)14-10-22-8-7-17(14)23-16/h1-6,9,14,17,22H,7-8,10H2. The summed E-state index contributed by atoms with van der Waals surface area (Å²) in [4.78, 5) is 0. The van der Waals surface area contributed by atoms with E-state index in [0.29, 0.717) is 5.56 Å². The van der Waals surface area contributed by atoms with E-state index in [9.17, 15) is 13.2 Å². The van der Waals surface area contributed by atoms with Crippen LogP contribution in [0.5, 0.6) is 5.75 Å². The first-order valence-corrected chi connectivity index (χ1v) is 7.72. The van der Waals surface area contributed by atoms with Gasteiger partial charge in [0, 0.05) is 18.0 Å². The Morgan fingerprint density at radius 2 is 1.91 bits per heavy atom. The van der Waals surface area contributed by atoms with Gasteiger partial charge in [-0.1, -0.05) is 24.3 Å². The molecule has 1 N–H and O–H groups in total. The number of nitrogens with one attached hydrogen (secondary N) is 1. The van der Waals surface area contributed by atoms with Crippen LogP contribution < -0.4 is 10.1 Å². The van der Waals surface area contributed by atoms with Crippen molar-refractivity contribution in [2.45, 2.75) is 24.6 Å². The Bertz CT molecular complexity index is 741. The second kappa shape index (κ2) is 5.27. The van der Waals surface area contributed by atoms with Gasteiger partial charge in [-0.05, 0) is 42.3 Å². The molecular formula is C18H16F3NO. The summed E-state index contributed by atoms with van der Waals surface area (Å²) in [6.07, 6.45) is -3.30. The van der Waals surface area contributed by atoms with Gasteiger partial charge in [-0.15, -0.1) is 0 Å². The molecule has 2 atom stereocenters. The van der Waals surface area contributed by atoms with Gasteiger partial charge in [0.2, 0.25) is 0 Å². The van der Waals surface area contributed by atoms with Crippen LogP contribution in [0, 0.1) is 0 Å². The van der Waals surface area contributed by atoms with E-state index in [4.69, 9.17) is 4.74 Å². The van der Waals surface area contributed by atoms with Gasteiger partial charge >= 0.3 is 6.18 Å². The van der Waals surface area contributed by atoms with Crippen molar-refractivity contribution in [1.82, 2.24) is 5.32 Å². The van der Waals surface area contributed by atoms with Gasteiger partial charge in [-0.2, -0.15) is 13.2 Å². The zero-order chi connectivity index (χ0) is 16.0. The first kappa shape index (κ1) is 14.6. The minimum atomic E-state index is -4.36. The Balaban J connectivity index is 1.79. The SMILES string of the molecule is FC(F)(F)c1ccccc1-c1ccc2c(c1)C1CNCCC1O2. The van der Waals surface area contributed by atoms with E-state index in [2.05, 4.69) is 5.32 Å². The highest BCUT2D eigenvalue weighted by Gasteiger charge is 2.37. The van der Waals surface area contributed by atoms with Crippen LogP contribution in [0.25, 0.3) is 11.1 Å². The second-order valence-corrected chi connectivity index (χ2v) is 6.05. The summed E-state index contributed by atoms with van der Waals surface area (Å²) >= 11 is 0. The number of ether oxygens (including phenoxy) is 1. The summed E-state index contributed by atoms with van der Waals surface area (Å²) in [6, 6.07) is 11.1. The van der Waals surface area contributed by atoms with E-state index >= 15 is 0 Å². The lowest BCUT2D eigenvalue weighted by atomic mass is 9.88. The van der Waals surface area contributed by atoms with Crippen molar-refractivity contribution in [1.29, 1.82) is 0 Å². The van der Waals surface area contributed by atoms with E-state index in [1.165, 1.54) is 12.1 Å². The highest BCUT2D eigenvalue weighted by Crippen LogP contribution is 2.44. The molecule has 5 heteroatoms. The lowest BCUT2D eigenvalue weighted by Crippen LogP contribution is -2.37. The third kappa shape index (κ3) is 2.49. The molecule has 1 saturated heterocycles. The molecule has 23 heavy (non-hydrogen) atoms. The molecule has 1 fully saturated rings. The maximum absolute atomic E-state index is 13.2. The van der Waals surface area contributed by atoms with Crippen LogP contribution in [-0.2, 0) is 6.18 Å². The number of hydrogen-bond donors (Lipinski definition) is 1.